The average molecular weight is 617 g/mol. The molecule has 1 aromatic heterocycles. The van der Waals surface area contributed by atoms with E-state index in [9.17, 15) is 23.2 Å². The number of carbonyl (C=O) groups excluding carboxylic acids is 2. The Kier molecular flexibility index (Phi) is 10.2. The molecule has 236 valence electrons. The van der Waals surface area contributed by atoms with E-state index < -0.39 is 35.0 Å². The van der Waals surface area contributed by atoms with Crippen LogP contribution in [-0.4, -0.2) is 50.7 Å². The average Bonchev–Trinajstić information content (AvgIpc) is 3.50. The number of nitrogens with one attached hydrogen (secondary N) is 1. The lowest BCUT2D eigenvalue weighted by Gasteiger charge is -2.32. The summed E-state index contributed by atoms with van der Waals surface area (Å²) in [6.07, 6.45) is 2.74. The lowest BCUT2D eigenvalue weighted by molar-refractivity contribution is 0.0690. The zero-order valence-corrected chi connectivity index (χ0v) is 26.1. The van der Waals surface area contributed by atoms with Gasteiger partial charge in [-0.25, -0.2) is 13.6 Å². The SMILES string of the molecule is CC.CC(C)(C)n1ncc(C(=O)Nc2ccc(F)c(C(=O)N3CCC(c4ccc(C(=O)O)cc4)CC3)c2)c1-c1ccc(F)cc1. The number of carboxylic acids is 1. The highest BCUT2D eigenvalue weighted by Gasteiger charge is 2.28. The quantitative estimate of drug-likeness (QED) is 0.232. The number of carboxylic acid groups (broad SMARTS) is 1. The zero-order valence-electron chi connectivity index (χ0n) is 26.1. The minimum Gasteiger partial charge on any atom is -0.478 e. The molecule has 0 spiro atoms. The van der Waals surface area contributed by atoms with Crippen LogP contribution in [0.1, 0.15) is 90.0 Å². The number of aromatic nitrogens is 2. The van der Waals surface area contributed by atoms with Gasteiger partial charge in [-0.3, -0.25) is 14.3 Å². The van der Waals surface area contributed by atoms with E-state index in [0.29, 0.717) is 37.2 Å². The summed E-state index contributed by atoms with van der Waals surface area (Å²) in [6.45, 7) is 10.6. The second kappa shape index (κ2) is 13.8. The van der Waals surface area contributed by atoms with E-state index in [1.807, 2.05) is 34.6 Å². The predicted octanol–water partition coefficient (Wildman–Crippen LogP) is 7.58. The van der Waals surface area contributed by atoms with Gasteiger partial charge in [0.2, 0.25) is 0 Å². The number of aromatic carboxylic acids is 1. The van der Waals surface area contributed by atoms with Crippen molar-refractivity contribution in [3.63, 3.8) is 0 Å². The van der Waals surface area contributed by atoms with Crippen LogP contribution in [0, 0.1) is 11.6 Å². The standard InChI is InChI=1S/C33H32F2N4O4.C2H6/c1-33(2,3)39-29(22-8-10-24(34)11-9-22)27(19-36-39)30(40)37-25-12-13-28(35)26(18-25)31(41)38-16-14-21(15-17-38)20-4-6-23(7-5-20)32(42)43;1-2/h4-13,18-19,21H,14-17H2,1-3H3,(H,37,40)(H,42,43);1-2H3. The van der Waals surface area contributed by atoms with Gasteiger partial charge < -0.3 is 15.3 Å². The second-order valence-electron chi connectivity index (χ2n) is 11.6. The summed E-state index contributed by atoms with van der Waals surface area (Å²) in [4.78, 5) is 39.5. The lowest BCUT2D eigenvalue weighted by atomic mass is 9.88. The normalized spacial score (nSPS) is 13.5. The smallest absolute Gasteiger partial charge is 0.335 e. The highest BCUT2D eigenvalue weighted by molar-refractivity contribution is 6.08. The third-order valence-corrected chi connectivity index (χ3v) is 7.63. The summed E-state index contributed by atoms with van der Waals surface area (Å²) in [5.74, 6) is -2.90. The van der Waals surface area contributed by atoms with Crippen LogP contribution in [-0.2, 0) is 5.54 Å². The van der Waals surface area contributed by atoms with Gasteiger partial charge in [-0.15, -0.1) is 0 Å². The first-order valence-corrected chi connectivity index (χ1v) is 15.0. The number of hydrogen-bond acceptors (Lipinski definition) is 4. The molecule has 2 N–H and O–H groups in total. The molecule has 1 aliphatic heterocycles. The molecule has 0 radical (unpaired) electrons. The molecule has 1 fully saturated rings. The van der Waals surface area contributed by atoms with E-state index in [0.717, 1.165) is 11.6 Å². The summed E-state index contributed by atoms with van der Waals surface area (Å²) in [7, 11) is 0. The fourth-order valence-corrected chi connectivity index (χ4v) is 5.36. The van der Waals surface area contributed by atoms with E-state index in [-0.39, 0.29) is 28.3 Å². The van der Waals surface area contributed by atoms with Gasteiger partial charge in [0.05, 0.1) is 34.1 Å². The Balaban J connectivity index is 0.00000226. The highest BCUT2D eigenvalue weighted by atomic mass is 19.1. The molecule has 0 atom stereocenters. The molecular weight excluding hydrogens is 578 g/mol. The molecule has 0 aliphatic carbocycles. The molecule has 1 saturated heterocycles. The Labute approximate surface area is 261 Å². The van der Waals surface area contributed by atoms with Crippen molar-refractivity contribution in [3.8, 4) is 11.3 Å². The van der Waals surface area contributed by atoms with Crippen LogP contribution in [0.3, 0.4) is 0 Å². The Morgan fingerprint density at radius 2 is 1.51 bits per heavy atom. The zero-order chi connectivity index (χ0) is 32.9. The fraction of sp³-hybridized carbons (Fsp3) is 0.314. The van der Waals surface area contributed by atoms with Crippen molar-refractivity contribution < 1.29 is 28.3 Å². The molecule has 2 heterocycles. The molecule has 1 aliphatic rings. The summed E-state index contributed by atoms with van der Waals surface area (Å²) in [6, 6.07) is 16.4. The Morgan fingerprint density at radius 1 is 0.889 bits per heavy atom. The number of anilines is 1. The molecule has 2 amide bonds. The van der Waals surface area contributed by atoms with Crippen LogP contribution in [0.25, 0.3) is 11.3 Å². The van der Waals surface area contributed by atoms with Crippen LogP contribution < -0.4 is 5.32 Å². The predicted molar refractivity (Wildman–Crippen MR) is 170 cm³/mol. The van der Waals surface area contributed by atoms with Gasteiger partial charge in [0.25, 0.3) is 11.8 Å². The number of rotatable bonds is 6. The van der Waals surface area contributed by atoms with Crippen LogP contribution in [0.2, 0.25) is 0 Å². The molecule has 5 rings (SSSR count). The van der Waals surface area contributed by atoms with Gasteiger partial charge in [0.15, 0.2) is 0 Å². The summed E-state index contributed by atoms with van der Waals surface area (Å²) in [5, 5.41) is 16.3. The van der Waals surface area contributed by atoms with Gasteiger partial charge in [-0.2, -0.15) is 5.10 Å². The summed E-state index contributed by atoms with van der Waals surface area (Å²) in [5.41, 5.74) is 2.20. The van der Waals surface area contributed by atoms with Gasteiger partial charge in [0.1, 0.15) is 11.6 Å². The van der Waals surface area contributed by atoms with Crippen LogP contribution in [0.15, 0.2) is 72.9 Å². The van der Waals surface area contributed by atoms with E-state index in [1.165, 1.54) is 30.5 Å². The van der Waals surface area contributed by atoms with Gasteiger partial charge in [0, 0.05) is 24.3 Å². The number of piperidine rings is 1. The maximum Gasteiger partial charge on any atom is 0.335 e. The minimum absolute atomic E-state index is 0.147. The van der Waals surface area contributed by atoms with Crippen LogP contribution >= 0.6 is 0 Å². The third-order valence-electron chi connectivity index (χ3n) is 7.63. The van der Waals surface area contributed by atoms with E-state index in [1.54, 1.807) is 46.0 Å². The number of nitrogens with zero attached hydrogens (tertiary/aromatic N) is 3. The van der Waals surface area contributed by atoms with Crippen molar-refractivity contribution in [2.45, 2.75) is 58.9 Å². The highest BCUT2D eigenvalue weighted by Crippen LogP contribution is 2.31. The molecule has 8 nitrogen and oxygen atoms in total. The number of benzene rings is 3. The van der Waals surface area contributed by atoms with Crippen LogP contribution in [0.4, 0.5) is 14.5 Å². The van der Waals surface area contributed by atoms with Crippen molar-refractivity contribution in [1.29, 1.82) is 0 Å². The van der Waals surface area contributed by atoms with E-state index >= 15 is 0 Å². The topological polar surface area (TPSA) is 105 Å². The number of halogens is 2. The fourth-order valence-electron chi connectivity index (χ4n) is 5.36. The first-order chi connectivity index (χ1) is 21.4. The molecular formula is C35H38F2N4O4. The maximum atomic E-state index is 14.9. The van der Waals surface area contributed by atoms with E-state index in [4.69, 9.17) is 5.11 Å². The second-order valence-corrected chi connectivity index (χ2v) is 11.6. The monoisotopic (exact) mass is 616 g/mol. The largest absolute Gasteiger partial charge is 0.478 e. The van der Waals surface area contributed by atoms with Gasteiger partial charge in [-0.1, -0.05) is 26.0 Å². The van der Waals surface area contributed by atoms with Crippen molar-refractivity contribution >= 4 is 23.5 Å². The number of carbonyl (C=O) groups is 3. The number of hydrogen-bond donors (Lipinski definition) is 2. The maximum absolute atomic E-state index is 14.9. The molecule has 45 heavy (non-hydrogen) atoms. The summed E-state index contributed by atoms with van der Waals surface area (Å²) >= 11 is 0. The molecule has 0 saturated carbocycles. The summed E-state index contributed by atoms with van der Waals surface area (Å²) < 4.78 is 30.2. The van der Waals surface area contributed by atoms with Crippen LogP contribution in [0.5, 0.6) is 0 Å². The molecule has 0 bridgehead atoms. The number of amides is 2. The van der Waals surface area contributed by atoms with Crippen molar-refractivity contribution in [3.05, 3.63) is 107 Å². The molecule has 4 aromatic rings. The molecule has 3 aromatic carbocycles. The first-order valence-electron chi connectivity index (χ1n) is 15.0. The van der Waals surface area contributed by atoms with Gasteiger partial charge in [-0.05, 0) is 99.7 Å². The first kappa shape index (κ1) is 33.0. The third kappa shape index (κ3) is 7.45. The van der Waals surface area contributed by atoms with Crippen molar-refractivity contribution in [2.75, 3.05) is 18.4 Å². The van der Waals surface area contributed by atoms with E-state index in [2.05, 4.69) is 10.4 Å². The van der Waals surface area contributed by atoms with Gasteiger partial charge >= 0.3 is 5.97 Å². The minimum atomic E-state index is -0.985. The van der Waals surface area contributed by atoms with Crippen molar-refractivity contribution in [1.82, 2.24) is 14.7 Å². The molecule has 10 heteroatoms. The van der Waals surface area contributed by atoms with Crippen molar-refractivity contribution in [2.24, 2.45) is 0 Å². The molecule has 0 unspecified atom stereocenters. The Hall–Kier alpha value is -4.86. The lowest BCUT2D eigenvalue weighted by Crippen LogP contribution is -2.38. The Bertz CT molecular complexity index is 1670. The Morgan fingerprint density at radius 3 is 2.09 bits per heavy atom. The number of likely N-dealkylation sites (tertiary alicyclic amines) is 1.